The van der Waals surface area contributed by atoms with Gasteiger partial charge in [0.2, 0.25) is 10.0 Å². The summed E-state index contributed by atoms with van der Waals surface area (Å²) in [5.41, 5.74) is 1.51. The quantitative estimate of drug-likeness (QED) is 0.535. The molecule has 1 amide bonds. The van der Waals surface area contributed by atoms with Crippen LogP contribution in [0.15, 0.2) is 59.5 Å². The van der Waals surface area contributed by atoms with Crippen molar-refractivity contribution in [2.24, 2.45) is 0 Å². The van der Waals surface area contributed by atoms with Gasteiger partial charge in [0.1, 0.15) is 10.7 Å². The molecule has 0 aliphatic carbocycles. The van der Waals surface area contributed by atoms with E-state index < -0.39 is 10.0 Å². The van der Waals surface area contributed by atoms with Crippen LogP contribution in [0.1, 0.15) is 25.9 Å². The molecule has 0 aliphatic rings. The number of thiazole rings is 1. The number of nitrogens with one attached hydrogen (secondary N) is 2. The molecule has 9 heteroatoms. The lowest BCUT2D eigenvalue weighted by Crippen LogP contribution is -2.34. The highest BCUT2D eigenvalue weighted by atomic mass is 32.2. The molecule has 6 nitrogen and oxygen atoms in total. The van der Waals surface area contributed by atoms with Crippen molar-refractivity contribution in [3.63, 3.8) is 0 Å². The van der Waals surface area contributed by atoms with Crippen molar-refractivity contribution in [2.45, 2.75) is 18.2 Å². The van der Waals surface area contributed by atoms with Crippen LogP contribution >= 0.6 is 11.3 Å². The van der Waals surface area contributed by atoms with Gasteiger partial charge in [-0.25, -0.2) is 22.5 Å². The number of benzene rings is 2. The molecule has 1 aromatic heterocycles. The minimum Gasteiger partial charge on any atom is -0.350 e. The van der Waals surface area contributed by atoms with Gasteiger partial charge in [0.25, 0.3) is 5.91 Å². The van der Waals surface area contributed by atoms with Crippen LogP contribution in [0.2, 0.25) is 0 Å². The van der Waals surface area contributed by atoms with Gasteiger partial charge >= 0.3 is 0 Å². The van der Waals surface area contributed by atoms with Crippen LogP contribution in [-0.4, -0.2) is 32.4 Å². The SMILES string of the molecule is Cc1nc(Cc2ccc(F)cc2)sc1C(=O)NCCNS(=O)(=O)c1ccccc1. The third-order valence-corrected chi connectivity index (χ3v) is 6.70. The third kappa shape index (κ3) is 5.69. The summed E-state index contributed by atoms with van der Waals surface area (Å²) in [6, 6.07) is 14.2. The van der Waals surface area contributed by atoms with Gasteiger partial charge in [0.15, 0.2) is 0 Å². The summed E-state index contributed by atoms with van der Waals surface area (Å²) in [4.78, 5) is 17.5. The summed E-state index contributed by atoms with van der Waals surface area (Å²) in [6.45, 7) is 1.97. The van der Waals surface area contributed by atoms with Crippen molar-refractivity contribution < 1.29 is 17.6 Å². The average molecular weight is 434 g/mol. The van der Waals surface area contributed by atoms with E-state index in [1.165, 1.54) is 35.6 Å². The summed E-state index contributed by atoms with van der Waals surface area (Å²) < 4.78 is 39.7. The minimum absolute atomic E-state index is 0.0727. The average Bonchev–Trinajstić information content (AvgIpc) is 3.08. The van der Waals surface area contributed by atoms with E-state index in [1.807, 2.05) is 0 Å². The zero-order valence-electron chi connectivity index (χ0n) is 15.7. The van der Waals surface area contributed by atoms with Crippen molar-refractivity contribution >= 4 is 27.3 Å². The molecule has 3 rings (SSSR count). The smallest absolute Gasteiger partial charge is 0.263 e. The number of hydrogen-bond acceptors (Lipinski definition) is 5. The monoisotopic (exact) mass is 433 g/mol. The van der Waals surface area contributed by atoms with E-state index >= 15 is 0 Å². The molecular weight excluding hydrogens is 413 g/mol. The number of sulfonamides is 1. The Hall–Kier alpha value is -2.62. The number of carbonyl (C=O) groups excluding carboxylic acids is 1. The number of hydrogen-bond donors (Lipinski definition) is 2. The number of aromatic nitrogens is 1. The first-order valence-corrected chi connectivity index (χ1v) is 11.2. The van der Waals surface area contributed by atoms with Gasteiger partial charge in [0.05, 0.1) is 15.6 Å². The standard InChI is InChI=1S/C20H20FN3O3S2/c1-14-19(28-18(24-14)13-15-7-9-16(21)10-8-15)20(25)22-11-12-23-29(26,27)17-5-3-2-4-6-17/h2-10,23H,11-13H2,1H3,(H,22,25). The predicted molar refractivity (Wildman–Crippen MR) is 110 cm³/mol. The Bertz CT molecular complexity index is 1080. The van der Waals surface area contributed by atoms with Crippen molar-refractivity contribution in [2.75, 3.05) is 13.1 Å². The number of nitrogens with zero attached hydrogens (tertiary/aromatic N) is 1. The van der Waals surface area contributed by atoms with E-state index in [9.17, 15) is 17.6 Å². The van der Waals surface area contributed by atoms with Gasteiger partial charge in [-0.2, -0.15) is 0 Å². The van der Waals surface area contributed by atoms with Crippen LogP contribution in [0.4, 0.5) is 4.39 Å². The van der Waals surface area contributed by atoms with Gasteiger partial charge in [-0.15, -0.1) is 11.3 Å². The lowest BCUT2D eigenvalue weighted by atomic mass is 10.1. The lowest BCUT2D eigenvalue weighted by Gasteiger charge is -2.07. The maximum absolute atomic E-state index is 13.0. The highest BCUT2D eigenvalue weighted by Gasteiger charge is 2.16. The molecule has 3 aromatic rings. The molecule has 29 heavy (non-hydrogen) atoms. The van der Waals surface area contributed by atoms with E-state index in [0.29, 0.717) is 17.0 Å². The Kier molecular flexibility index (Phi) is 6.73. The summed E-state index contributed by atoms with van der Waals surface area (Å²) >= 11 is 1.27. The molecule has 1 heterocycles. The molecule has 0 unspecified atom stereocenters. The molecule has 2 aromatic carbocycles. The zero-order valence-corrected chi connectivity index (χ0v) is 17.3. The maximum atomic E-state index is 13.0. The number of halogens is 1. The Morgan fingerprint density at radius 1 is 1.07 bits per heavy atom. The molecular formula is C20H20FN3O3S2. The van der Waals surface area contributed by atoms with E-state index in [2.05, 4.69) is 15.0 Å². The molecule has 0 spiro atoms. The van der Waals surface area contributed by atoms with E-state index in [0.717, 1.165) is 10.6 Å². The second-order valence-corrected chi connectivity index (χ2v) is 9.14. The van der Waals surface area contributed by atoms with Gasteiger partial charge in [-0.3, -0.25) is 4.79 Å². The van der Waals surface area contributed by atoms with Crippen LogP contribution in [0, 0.1) is 12.7 Å². The second kappa shape index (κ2) is 9.25. The molecule has 0 saturated carbocycles. The molecule has 152 valence electrons. The van der Waals surface area contributed by atoms with Crippen LogP contribution in [-0.2, 0) is 16.4 Å². The number of carbonyl (C=O) groups is 1. The number of aryl methyl sites for hydroxylation is 1. The van der Waals surface area contributed by atoms with Crippen molar-refractivity contribution in [3.05, 3.63) is 81.6 Å². The van der Waals surface area contributed by atoms with Crippen LogP contribution < -0.4 is 10.0 Å². The molecule has 0 atom stereocenters. The minimum atomic E-state index is -3.60. The van der Waals surface area contributed by atoms with Gasteiger partial charge in [-0.05, 0) is 36.8 Å². The first-order valence-electron chi connectivity index (χ1n) is 8.89. The largest absolute Gasteiger partial charge is 0.350 e. The first-order chi connectivity index (χ1) is 13.8. The Labute approximate surface area is 172 Å². The van der Waals surface area contributed by atoms with Gasteiger partial charge in [0, 0.05) is 19.5 Å². The second-order valence-electron chi connectivity index (χ2n) is 6.29. The fourth-order valence-corrected chi connectivity index (χ4v) is 4.71. The van der Waals surface area contributed by atoms with Crippen LogP contribution in [0.5, 0.6) is 0 Å². The Balaban J connectivity index is 1.53. The summed E-state index contributed by atoms with van der Waals surface area (Å²) in [5.74, 6) is -0.601. The van der Waals surface area contributed by atoms with Crippen LogP contribution in [0.25, 0.3) is 0 Å². The number of rotatable bonds is 8. The predicted octanol–water partition coefficient (Wildman–Crippen LogP) is 2.89. The topological polar surface area (TPSA) is 88.2 Å². The van der Waals surface area contributed by atoms with Crippen molar-refractivity contribution in [1.82, 2.24) is 15.0 Å². The summed E-state index contributed by atoms with van der Waals surface area (Å²) in [5, 5.41) is 3.46. The fraction of sp³-hybridized carbons (Fsp3) is 0.200. The Morgan fingerprint density at radius 2 is 1.76 bits per heavy atom. The van der Waals surface area contributed by atoms with Gasteiger partial charge < -0.3 is 5.32 Å². The highest BCUT2D eigenvalue weighted by Crippen LogP contribution is 2.21. The molecule has 0 saturated heterocycles. The fourth-order valence-electron chi connectivity index (χ4n) is 2.64. The molecule has 2 N–H and O–H groups in total. The van der Waals surface area contributed by atoms with Gasteiger partial charge in [-0.1, -0.05) is 30.3 Å². The molecule has 0 radical (unpaired) electrons. The zero-order chi connectivity index (χ0) is 20.9. The van der Waals surface area contributed by atoms with E-state index in [-0.39, 0.29) is 29.7 Å². The van der Waals surface area contributed by atoms with E-state index in [4.69, 9.17) is 0 Å². The summed E-state index contributed by atoms with van der Waals surface area (Å²) in [6.07, 6.45) is 0.510. The molecule has 0 aliphatic heterocycles. The van der Waals surface area contributed by atoms with Crippen LogP contribution in [0.3, 0.4) is 0 Å². The Morgan fingerprint density at radius 3 is 2.45 bits per heavy atom. The van der Waals surface area contributed by atoms with Crippen molar-refractivity contribution in [1.29, 1.82) is 0 Å². The highest BCUT2D eigenvalue weighted by molar-refractivity contribution is 7.89. The summed E-state index contributed by atoms with van der Waals surface area (Å²) in [7, 11) is -3.60. The van der Waals surface area contributed by atoms with E-state index in [1.54, 1.807) is 37.3 Å². The lowest BCUT2D eigenvalue weighted by molar-refractivity contribution is 0.0957. The normalized spacial score (nSPS) is 11.4. The van der Waals surface area contributed by atoms with Crippen molar-refractivity contribution in [3.8, 4) is 0 Å². The maximum Gasteiger partial charge on any atom is 0.263 e. The molecule has 0 bridgehead atoms. The first kappa shape index (κ1) is 21.1. The molecule has 0 fully saturated rings. The third-order valence-electron chi connectivity index (χ3n) is 4.07. The number of amides is 1.